The maximum absolute atomic E-state index is 13.0. The number of hydrogen-bond acceptors (Lipinski definition) is 6. The Morgan fingerprint density at radius 2 is 1.93 bits per heavy atom. The molecule has 0 amide bonds. The summed E-state index contributed by atoms with van der Waals surface area (Å²) in [5.74, 6) is 0.961. The smallest absolute Gasteiger partial charge is 0.338 e. The van der Waals surface area contributed by atoms with E-state index in [9.17, 15) is 13.2 Å². The molecule has 0 radical (unpaired) electrons. The molecule has 0 saturated carbocycles. The lowest BCUT2D eigenvalue weighted by atomic mass is 10.2. The quantitative estimate of drug-likeness (QED) is 0.452. The molecular formula is C16H9ClF3N5OS. The van der Waals surface area contributed by atoms with Gasteiger partial charge in [-0.25, -0.2) is 0 Å². The molecule has 3 heterocycles. The lowest BCUT2D eigenvalue weighted by Gasteiger charge is -2.08. The number of alkyl halides is 3. The Balaban J connectivity index is 1.58. The Hall–Kier alpha value is -2.59. The molecule has 6 nitrogen and oxygen atoms in total. The molecule has 0 atom stereocenters. The average molecular weight is 412 g/mol. The van der Waals surface area contributed by atoms with Gasteiger partial charge < -0.3 is 4.52 Å². The van der Waals surface area contributed by atoms with E-state index in [0.29, 0.717) is 11.7 Å². The largest absolute Gasteiger partial charge is 0.417 e. The van der Waals surface area contributed by atoms with Crippen molar-refractivity contribution in [3.63, 3.8) is 0 Å². The molecule has 3 aromatic heterocycles. The first kappa shape index (κ1) is 17.8. The number of aromatic nitrogens is 5. The first-order chi connectivity index (χ1) is 12.9. The minimum Gasteiger partial charge on any atom is -0.338 e. The van der Waals surface area contributed by atoms with Crippen molar-refractivity contribution in [2.24, 2.45) is 0 Å². The van der Waals surface area contributed by atoms with Gasteiger partial charge in [0.1, 0.15) is 0 Å². The summed E-state index contributed by atoms with van der Waals surface area (Å²) < 4.78 is 45.4. The van der Waals surface area contributed by atoms with Crippen LogP contribution < -0.4 is 0 Å². The highest BCUT2D eigenvalue weighted by molar-refractivity contribution is 7.98. The van der Waals surface area contributed by atoms with Crippen LogP contribution in [0.5, 0.6) is 0 Å². The molecule has 11 heteroatoms. The lowest BCUT2D eigenvalue weighted by molar-refractivity contribution is -0.137. The predicted molar refractivity (Wildman–Crippen MR) is 92.3 cm³/mol. The van der Waals surface area contributed by atoms with Gasteiger partial charge in [-0.2, -0.15) is 18.2 Å². The van der Waals surface area contributed by atoms with Crippen LogP contribution in [-0.2, 0) is 11.9 Å². The van der Waals surface area contributed by atoms with Gasteiger partial charge in [-0.05, 0) is 6.07 Å². The van der Waals surface area contributed by atoms with Crippen LogP contribution in [0.25, 0.3) is 17.0 Å². The van der Waals surface area contributed by atoms with Gasteiger partial charge in [0.05, 0.1) is 16.3 Å². The van der Waals surface area contributed by atoms with Gasteiger partial charge in [-0.1, -0.05) is 58.9 Å². The molecule has 0 aliphatic heterocycles. The zero-order chi connectivity index (χ0) is 19.0. The third-order valence-electron chi connectivity index (χ3n) is 3.58. The molecule has 0 aliphatic rings. The second-order valence-corrected chi connectivity index (χ2v) is 6.77. The van der Waals surface area contributed by atoms with E-state index >= 15 is 0 Å². The molecule has 0 unspecified atom stereocenters. The summed E-state index contributed by atoms with van der Waals surface area (Å²) in [6, 6.07) is 10.1. The van der Waals surface area contributed by atoms with Crippen molar-refractivity contribution >= 4 is 29.0 Å². The lowest BCUT2D eigenvalue weighted by Crippen LogP contribution is -2.07. The Bertz CT molecular complexity index is 1100. The molecule has 1 aromatic carbocycles. The van der Waals surface area contributed by atoms with E-state index in [1.165, 1.54) is 4.40 Å². The standard InChI is InChI=1S/C16H9ClF3N5OS/c17-11-6-10(16(18,19)20)7-25-14(11)22-23-15(25)27-8-12-21-13(24-26-12)9-4-2-1-3-5-9/h1-7H,8H2. The fourth-order valence-corrected chi connectivity index (χ4v) is 3.32. The Morgan fingerprint density at radius 3 is 2.67 bits per heavy atom. The van der Waals surface area contributed by atoms with Gasteiger partial charge in [0, 0.05) is 11.8 Å². The summed E-state index contributed by atoms with van der Waals surface area (Å²) in [6.07, 6.45) is -3.62. The molecule has 0 N–H and O–H groups in total. The molecule has 0 spiro atoms. The third-order valence-corrected chi connectivity index (χ3v) is 4.79. The van der Waals surface area contributed by atoms with E-state index in [0.717, 1.165) is 29.6 Å². The maximum Gasteiger partial charge on any atom is 0.417 e. The van der Waals surface area contributed by atoms with Crippen LogP contribution in [-0.4, -0.2) is 24.7 Å². The van der Waals surface area contributed by atoms with Crippen LogP contribution in [0.3, 0.4) is 0 Å². The summed E-state index contributed by atoms with van der Waals surface area (Å²) in [5.41, 5.74) is 0.0560. The minimum absolute atomic E-state index is 0.131. The Labute approximate surface area is 159 Å². The molecule has 27 heavy (non-hydrogen) atoms. The summed E-state index contributed by atoms with van der Waals surface area (Å²) in [4.78, 5) is 4.27. The maximum atomic E-state index is 13.0. The van der Waals surface area contributed by atoms with E-state index < -0.39 is 11.7 Å². The van der Waals surface area contributed by atoms with Crippen LogP contribution >= 0.6 is 23.4 Å². The zero-order valence-electron chi connectivity index (χ0n) is 13.3. The highest BCUT2D eigenvalue weighted by atomic mass is 35.5. The first-order valence-corrected chi connectivity index (χ1v) is 8.90. The van der Waals surface area contributed by atoms with Crippen molar-refractivity contribution in [3.8, 4) is 11.4 Å². The van der Waals surface area contributed by atoms with Crippen LogP contribution in [0.2, 0.25) is 5.02 Å². The number of rotatable bonds is 4. The SMILES string of the molecule is FC(F)(F)c1cc(Cl)c2nnc(SCc3nc(-c4ccccc4)no3)n2c1. The van der Waals surface area contributed by atoms with Crippen LogP contribution in [0, 0.1) is 0 Å². The highest BCUT2D eigenvalue weighted by Crippen LogP contribution is 2.33. The Morgan fingerprint density at radius 1 is 1.15 bits per heavy atom. The molecule has 0 saturated heterocycles. The molecule has 138 valence electrons. The van der Waals surface area contributed by atoms with E-state index in [2.05, 4.69) is 20.3 Å². The number of nitrogens with zero attached hydrogens (tertiary/aromatic N) is 5. The second kappa shape index (κ2) is 6.86. The molecule has 4 rings (SSSR count). The fourth-order valence-electron chi connectivity index (χ4n) is 2.33. The van der Waals surface area contributed by atoms with Crippen molar-refractivity contribution in [1.29, 1.82) is 0 Å². The minimum atomic E-state index is -4.53. The third kappa shape index (κ3) is 3.62. The number of halogens is 4. The fraction of sp³-hybridized carbons (Fsp3) is 0.125. The monoisotopic (exact) mass is 411 g/mol. The van der Waals surface area contributed by atoms with Crippen molar-refractivity contribution in [3.05, 3.63) is 59.1 Å². The molecular weight excluding hydrogens is 403 g/mol. The van der Waals surface area contributed by atoms with Crippen molar-refractivity contribution in [1.82, 2.24) is 24.7 Å². The van der Waals surface area contributed by atoms with Crippen LogP contribution in [0.15, 0.2) is 52.3 Å². The van der Waals surface area contributed by atoms with Gasteiger partial charge in [0.2, 0.25) is 11.7 Å². The summed E-state index contributed by atoms with van der Waals surface area (Å²) in [5, 5.41) is 11.7. The first-order valence-electron chi connectivity index (χ1n) is 7.54. The molecule has 4 aromatic rings. The van der Waals surface area contributed by atoms with Crippen molar-refractivity contribution < 1.29 is 17.7 Å². The highest BCUT2D eigenvalue weighted by Gasteiger charge is 2.32. The number of pyridine rings is 1. The summed E-state index contributed by atoms with van der Waals surface area (Å²) in [7, 11) is 0. The van der Waals surface area contributed by atoms with E-state index in [1.807, 2.05) is 30.3 Å². The van der Waals surface area contributed by atoms with Crippen LogP contribution in [0.1, 0.15) is 11.5 Å². The van der Waals surface area contributed by atoms with Gasteiger partial charge in [-0.15, -0.1) is 10.2 Å². The normalized spacial score (nSPS) is 12.0. The summed E-state index contributed by atoms with van der Waals surface area (Å²) in [6.45, 7) is 0. The van der Waals surface area contributed by atoms with Crippen molar-refractivity contribution in [2.75, 3.05) is 0 Å². The number of thioether (sulfide) groups is 1. The molecule has 0 aliphatic carbocycles. The van der Waals surface area contributed by atoms with E-state index in [1.54, 1.807) is 0 Å². The van der Waals surface area contributed by atoms with Crippen LogP contribution in [0.4, 0.5) is 13.2 Å². The van der Waals surface area contributed by atoms with Gasteiger partial charge >= 0.3 is 6.18 Å². The number of hydrogen-bond donors (Lipinski definition) is 0. The number of fused-ring (bicyclic) bond motifs is 1. The number of benzene rings is 1. The second-order valence-electron chi connectivity index (χ2n) is 5.42. The topological polar surface area (TPSA) is 69.1 Å². The Kier molecular flexibility index (Phi) is 4.52. The van der Waals surface area contributed by atoms with E-state index in [-0.39, 0.29) is 21.6 Å². The zero-order valence-corrected chi connectivity index (χ0v) is 14.9. The molecule has 0 bridgehead atoms. The molecule has 0 fully saturated rings. The van der Waals surface area contributed by atoms with Gasteiger partial charge in [0.15, 0.2) is 10.8 Å². The average Bonchev–Trinajstić information content (AvgIpc) is 3.27. The van der Waals surface area contributed by atoms with Crippen molar-refractivity contribution in [2.45, 2.75) is 17.1 Å². The van der Waals surface area contributed by atoms with E-state index in [4.69, 9.17) is 16.1 Å². The predicted octanol–water partition coefficient (Wildman–Crippen LogP) is 4.74. The van der Waals surface area contributed by atoms with Gasteiger partial charge in [0.25, 0.3) is 0 Å². The summed E-state index contributed by atoms with van der Waals surface area (Å²) >= 11 is 7.01. The van der Waals surface area contributed by atoms with Gasteiger partial charge in [-0.3, -0.25) is 4.40 Å².